The Morgan fingerprint density at radius 2 is 1.61 bits per heavy atom. The van der Waals surface area contributed by atoms with Gasteiger partial charge in [-0.2, -0.15) is 10.1 Å². The summed E-state index contributed by atoms with van der Waals surface area (Å²) in [4.78, 5) is 9.37. The van der Waals surface area contributed by atoms with E-state index < -0.39 is 0 Å². The highest BCUT2D eigenvalue weighted by Gasteiger charge is 2.19. The lowest BCUT2D eigenvalue weighted by Crippen LogP contribution is -2.47. The molecule has 4 rings (SSSR count). The van der Waals surface area contributed by atoms with Crippen LogP contribution >= 0.6 is 0 Å². The van der Waals surface area contributed by atoms with E-state index in [0.29, 0.717) is 12.5 Å². The van der Waals surface area contributed by atoms with E-state index in [4.69, 9.17) is 0 Å². The Labute approximate surface area is 166 Å². The standard InChI is InChI=1S/C22H26N6/c1-17-5-3-7-19(13-17)15-23-22-25-21(16-24-26-22)28-11-9-27(10-12-28)20-8-4-6-18(2)14-20/h3-8,13-14,16H,9-12,15H2,1-2H3,(H,23,25,26). The molecule has 0 bridgehead atoms. The highest BCUT2D eigenvalue weighted by atomic mass is 15.3. The molecule has 0 atom stereocenters. The van der Waals surface area contributed by atoms with Crippen LogP contribution in [0.15, 0.2) is 54.7 Å². The molecule has 1 aromatic heterocycles. The topological polar surface area (TPSA) is 57.2 Å². The summed E-state index contributed by atoms with van der Waals surface area (Å²) in [7, 11) is 0. The number of benzene rings is 2. The van der Waals surface area contributed by atoms with Crippen molar-refractivity contribution in [3.05, 3.63) is 71.4 Å². The maximum atomic E-state index is 4.67. The third kappa shape index (κ3) is 4.39. The molecule has 28 heavy (non-hydrogen) atoms. The summed E-state index contributed by atoms with van der Waals surface area (Å²) in [6.07, 6.45) is 1.75. The Bertz CT molecular complexity index is 934. The lowest BCUT2D eigenvalue weighted by molar-refractivity contribution is 0.644. The third-order valence-corrected chi connectivity index (χ3v) is 5.05. The third-order valence-electron chi connectivity index (χ3n) is 5.05. The van der Waals surface area contributed by atoms with Crippen molar-refractivity contribution in [3.8, 4) is 0 Å². The molecule has 144 valence electrons. The number of anilines is 3. The predicted molar refractivity (Wildman–Crippen MR) is 114 cm³/mol. The Hall–Kier alpha value is -3.15. The smallest absolute Gasteiger partial charge is 0.244 e. The Morgan fingerprint density at radius 1 is 0.893 bits per heavy atom. The molecule has 1 fully saturated rings. The van der Waals surface area contributed by atoms with Crippen molar-refractivity contribution in [2.45, 2.75) is 20.4 Å². The van der Waals surface area contributed by atoms with Crippen LogP contribution in [0.4, 0.5) is 17.5 Å². The number of rotatable bonds is 5. The minimum absolute atomic E-state index is 0.570. The maximum Gasteiger partial charge on any atom is 0.244 e. The lowest BCUT2D eigenvalue weighted by atomic mass is 10.1. The fraction of sp³-hybridized carbons (Fsp3) is 0.318. The quantitative estimate of drug-likeness (QED) is 0.738. The van der Waals surface area contributed by atoms with Crippen molar-refractivity contribution in [1.29, 1.82) is 0 Å². The first-order valence-electron chi connectivity index (χ1n) is 9.73. The number of aryl methyl sites for hydroxylation is 2. The first-order chi connectivity index (χ1) is 13.7. The van der Waals surface area contributed by atoms with E-state index in [0.717, 1.165) is 32.0 Å². The second kappa shape index (κ2) is 8.25. The summed E-state index contributed by atoms with van der Waals surface area (Å²) in [5.74, 6) is 1.45. The van der Waals surface area contributed by atoms with Gasteiger partial charge in [0.1, 0.15) is 0 Å². The fourth-order valence-electron chi connectivity index (χ4n) is 3.54. The van der Waals surface area contributed by atoms with Crippen LogP contribution in [0, 0.1) is 13.8 Å². The number of aromatic nitrogens is 3. The number of hydrogen-bond acceptors (Lipinski definition) is 6. The molecule has 6 heteroatoms. The molecule has 0 saturated carbocycles. The first kappa shape index (κ1) is 18.2. The number of nitrogens with one attached hydrogen (secondary N) is 1. The molecule has 1 N–H and O–H groups in total. The zero-order chi connectivity index (χ0) is 19.3. The van der Waals surface area contributed by atoms with E-state index in [-0.39, 0.29) is 0 Å². The van der Waals surface area contributed by atoms with Gasteiger partial charge in [-0.05, 0) is 37.1 Å². The molecule has 0 amide bonds. The largest absolute Gasteiger partial charge is 0.368 e. The summed E-state index contributed by atoms with van der Waals surface area (Å²) in [6.45, 7) is 8.71. The molecule has 3 aromatic rings. The minimum atomic E-state index is 0.570. The van der Waals surface area contributed by atoms with Crippen molar-refractivity contribution in [2.24, 2.45) is 0 Å². The van der Waals surface area contributed by atoms with E-state index in [1.807, 2.05) is 0 Å². The van der Waals surface area contributed by atoms with Crippen LogP contribution in [-0.2, 0) is 6.54 Å². The molecular formula is C22H26N6. The minimum Gasteiger partial charge on any atom is -0.368 e. The molecule has 1 saturated heterocycles. The first-order valence-corrected chi connectivity index (χ1v) is 9.73. The van der Waals surface area contributed by atoms with E-state index in [2.05, 4.69) is 92.7 Å². The van der Waals surface area contributed by atoms with E-state index in [1.165, 1.54) is 22.4 Å². The van der Waals surface area contributed by atoms with Gasteiger partial charge in [0, 0.05) is 38.4 Å². The van der Waals surface area contributed by atoms with Crippen LogP contribution in [0.2, 0.25) is 0 Å². The highest BCUT2D eigenvalue weighted by molar-refractivity contribution is 5.51. The van der Waals surface area contributed by atoms with Gasteiger partial charge in [0.2, 0.25) is 5.95 Å². The Balaban J connectivity index is 1.37. The van der Waals surface area contributed by atoms with Gasteiger partial charge in [-0.1, -0.05) is 42.0 Å². The van der Waals surface area contributed by atoms with E-state index in [9.17, 15) is 0 Å². The molecule has 6 nitrogen and oxygen atoms in total. The van der Waals surface area contributed by atoms with Gasteiger partial charge in [0.05, 0.1) is 6.20 Å². The van der Waals surface area contributed by atoms with Gasteiger partial charge in [-0.25, -0.2) is 0 Å². The van der Waals surface area contributed by atoms with Crippen molar-refractivity contribution in [3.63, 3.8) is 0 Å². The summed E-state index contributed by atoms with van der Waals surface area (Å²) >= 11 is 0. The molecule has 2 heterocycles. The molecule has 0 spiro atoms. The van der Waals surface area contributed by atoms with E-state index in [1.54, 1.807) is 6.20 Å². The zero-order valence-electron chi connectivity index (χ0n) is 16.5. The molecular weight excluding hydrogens is 348 g/mol. The van der Waals surface area contributed by atoms with Gasteiger partial charge >= 0.3 is 0 Å². The second-order valence-electron chi connectivity index (χ2n) is 7.29. The summed E-state index contributed by atoms with van der Waals surface area (Å²) < 4.78 is 0. The number of piperazine rings is 1. The van der Waals surface area contributed by atoms with Gasteiger partial charge < -0.3 is 15.1 Å². The molecule has 0 radical (unpaired) electrons. The molecule has 2 aromatic carbocycles. The molecule has 0 aliphatic carbocycles. The lowest BCUT2D eigenvalue weighted by Gasteiger charge is -2.36. The van der Waals surface area contributed by atoms with Crippen LogP contribution in [0.1, 0.15) is 16.7 Å². The number of nitrogens with zero attached hydrogens (tertiary/aromatic N) is 5. The Morgan fingerprint density at radius 3 is 2.36 bits per heavy atom. The summed E-state index contributed by atoms with van der Waals surface area (Å²) in [5, 5.41) is 11.6. The average molecular weight is 374 g/mol. The second-order valence-corrected chi connectivity index (χ2v) is 7.29. The molecule has 1 aliphatic rings. The van der Waals surface area contributed by atoms with Gasteiger partial charge in [0.25, 0.3) is 0 Å². The van der Waals surface area contributed by atoms with Gasteiger partial charge in [0.15, 0.2) is 5.82 Å². The van der Waals surface area contributed by atoms with Crippen molar-refractivity contribution >= 4 is 17.5 Å². The highest BCUT2D eigenvalue weighted by Crippen LogP contribution is 2.20. The fourth-order valence-corrected chi connectivity index (χ4v) is 3.54. The summed E-state index contributed by atoms with van der Waals surface area (Å²) in [6, 6.07) is 17.1. The van der Waals surface area contributed by atoms with Crippen LogP contribution in [0.5, 0.6) is 0 Å². The maximum absolute atomic E-state index is 4.67. The predicted octanol–water partition coefficient (Wildman–Crippen LogP) is 3.43. The van der Waals surface area contributed by atoms with Crippen molar-refractivity contribution in [2.75, 3.05) is 41.3 Å². The average Bonchev–Trinajstić information content (AvgIpc) is 2.73. The van der Waals surface area contributed by atoms with Crippen LogP contribution in [0.25, 0.3) is 0 Å². The van der Waals surface area contributed by atoms with E-state index >= 15 is 0 Å². The molecule has 1 aliphatic heterocycles. The Kier molecular flexibility index (Phi) is 5.37. The normalized spacial score (nSPS) is 14.2. The molecule has 0 unspecified atom stereocenters. The van der Waals surface area contributed by atoms with Gasteiger partial charge in [-0.15, -0.1) is 5.10 Å². The van der Waals surface area contributed by atoms with Crippen molar-refractivity contribution in [1.82, 2.24) is 15.2 Å². The van der Waals surface area contributed by atoms with Crippen LogP contribution < -0.4 is 15.1 Å². The van der Waals surface area contributed by atoms with Crippen LogP contribution in [0.3, 0.4) is 0 Å². The zero-order valence-corrected chi connectivity index (χ0v) is 16.5. The number of hydrogen-bond donors (Lipinski definition) is 1. The van der Waals surface area contributed by atoms with Crippen molar-refractivity contribution < 1.29 is 0 Å². The SMILES string of the molecule is Cc1cccc(CNc2nncc(N3CCN(c4cccc(C)c4)CC3)n2)c1. The van der Waals surface area contributed by atoms with Crippen LogP contribution in [-0.4, -0.2) is 41.4 Å². The van der Waals surface area contributed by atoms with Gasteiger partial charge in [-0.3, -0.25) is 0 Å². The monoisotopic (exact) mass is 374 g/mol. The summed E-state index contributed by atoms with van der Waals surface area (Å²) in [5.41, 5.74) is 5.05.